The molecule has 0 aliphatic carbocycles. The van der Waals surface area contributed by atoms with Gasteiger partial charge in [-0.15, -0.1) is 0 Å². The van der Waals surface area contributed by atoms with Gasteiger partial charge in [0.15, 0.2) is 0 Å². The Morgan fingerprint density at radius 3 is 3.07 bits per heavy atom. The number of rotatable bonds is 3. The van der Waals surface area contributed by atoms with E-state index in [9.17, 15) is 0 Å². The number of hydrogen-bond donors (Lipinski definition) is 1. The molecule has 3 nitrogen and oxygen atoms in total. The second-order valence-electron chi connectivity index (χ2n) is 3.53. The zero-order valence-corrected chi connectivity index (χ0v) is 9.79. The van der Waals surface area contributed by atoms with Crippen LogP contribution in [0.4, 0.5) is 5.82 Å². The van der Waals surface area contributed by atoms with Crippen molar-refractivity contribution >= 4 is 21.7 Å². The van der Waals surface area contributed by atoms with Gasteiger partial charge in [0.1, 0.15) is 5.82 Å². The number of likely N-dealkylation sites (tertiary alicyclic amines) is 1. The summed E-state index contributed by atoms with van der Waals surface area (Å²) in [4.78, 5) is 6.67. The maximum Gasteiger partial charge on any atom is 0.140 e. The molecule has 1 saturated heterocycles. The molecule has 14 heavy (non-hydrogen) atoms. The second-order valence-corrected chi connectivity index (χ2v) is 4.38. The Labute approximate surface area is 92.6 Å². The topological polar surface area (TPSA) is 28.2 Å². The molecule has 4 heteroatoms. The van der Waals surface area contributed by atoms with Gasteiger partial charge in [-0.2, -0.15) is 0 Å². The van der Waals surface area contributed by atoms with Crippen LogP contribution in [-0.4, -0.2) is 35.6 Å². The van der Waals surface area contributed by atoms with Crippen molar-refractivity contribution < 1.29 is 0 Å². The van der Waals surface area contributed by atoms with Crippen LogP contribution < -0.4 is 5.32 Å². The Bertz CT molecular complexity index is 310. The normalized spacial score (nSPS) is 17.9. The average Bonchev–Trinajstić information content (AvgIpc) is 2.13. The number of anilines is 1. The van der Waals surface area contributed by atoms with E-state index in [4.69, 9.17) is 0 Å². The van der Waals surface area contributed by atoms with E-state index in [1.165, 1.54) is 0 Å². The molecule has 0 spiro atoms. The lowest BCUT2D eigenvalue weighted by atomic mass is 10.1. The fourth-order valence-corrected chi connectivity index (χ4v) is 1.97. The van der Waals surface area contributed by atoms with Crippen molar-refractivity contribution in [3.8, 4) is 0 Å². The SMILES string of the molecule is CCN1CC(Nc2ncccc2Br)C1. The van der Waals surface area contributed by atoms with Gasteiger partial charge in [0.25, 0.3) is 0 Å². The van der Waals surface area contributed by atoms with Gasteiger partial charge in [0.2, 0.25) is 0 Å². The Kier molecular flexibility index (Phi) is 3.03. The molecule has 2 rings (SSSR count). The van der Waals surface area contributed by atoms with Crippen LogP contribution in [0.2, 0.25) is 0 Å². The minimum Gasteiger partial charge on any atom is -0.364 e. The first-order valence-electron chi connectivity index (χ1n) is 4.89. The number of nitrogens with one attached hydrogen (secondary N) is 1. The zero-order valence-electron chi connectivity index (χ0n) is 8.20. The van der Waals surface area contributed by atoms with E-state index in [1.54, 1.807) is 0 Å². The lowest BCUT2D eigenvalue weighted by Crippen LogP contribution is -2.54. The highest BCUT2D eigenvalue weighted by molar-refractivity contribution is 9.10. The first-order chi connectivity index (χ1) is 6.79. The molecule has 76 valence electrons. The highest BCUT2D eigenvalue weighted by Crippen LogP contribution is 2.21. The molecule has 1 aliphatic rings. The number of hydrogen-bond acceptors (Lipinski definition) is 3. The summed E-state index contributed by atoms with van der Waals surface area (Å²) >= 11 is 3.47. The van der Waals surface area contributed by atoms with Crippen LogP contribution in [-0.2, 0) is 0 Å². The standard InChI is InChI=1S/C10H14BrN3/c1-2-14-6-8(7-14)13-10-9(11)4-3-5-12-10/h3-5,8H,2,6-7H2,1H3,(H,12,13). The fraction of sp³-hybridized carbons (Fsp3) is 0.500. The first-order valence-corrected chi connectivity index (χ1v) is 5.68. The lowest BCUT2D eigenvalue weighted by molar-refractivity contribution is 0.171. The molecule has 0 amide bonds. The maximum atomic E-state index is 4.27. The predicted molar refractivity (Wildman–Crippen MR) is 61.5 cm³/mol. The molecule has 1 aliphatic heterocycles. The summed E-state index contributed by atoms with van der Waals surface area (Å²) in [7, 11) is 0. The molecule has 1 aromatic heterocycles. The Morgan fingerprint density at radius 2 is 2.43 bits per heavy atom. The summed E-state index contributed by atoms with van der Waals surface area (Å²) in [6.07, 6.45) is 1.81. The van der Waals surface area contributed by atoms with E-state index in [-0.39, 0.29) is 0 Å². The monoisotopic (exact) mass is 255 g/mol. The van der Waals surface area contributed by atoms with Gasteiger partial charge in [-0.05, 0) is 34.6 Å². The van der Waals surface area contributed by atoms with Crippen LogP contribution in [0.5, 0.6) is 0 Å². The van der Waals surface area contributed by atoms with Gasteiger partial charge >= 0.3 is 0 Å². The molecule has 0 radical (unpaired) electrons. The summed E-state index contributed by atoms with van der Waals surface area (Å²) in [5, 5.41) is 3.41. The number of aromatic nitrogens is 1. The molecule has 1 N–H and O–H groups in total. The summed E-state index contributed by atoms with van der Waals surface area (Å²) in [5.74, 6) is 0.952. The predicted octanol–water partition coefficient (Wildman–Crippen LogP) is 1.96. The van der Waals surface area contributed by atoms with Crippen LogP contribution in [0.1, 0.15) is 6.92 Å². The molecular weight excluding hydrogens is 242 g/mol. The van der Waals surface area contributed by atoms with Crippen molar-refractivity contribution in [1.29, 1.82) is 0 Å². The molecule has 0 bridgehead atoms. The van der Waals surface area contributed by atoms with Crippen LogP contribution >= 0.6 is 15.9 Å². The van der Waals surface area contributed by atoms with Crippen LogP contribution in [0.3, 0.4) is 0 Å². The van der Waals surface area contributed by atoms with Crippen molar-refractivity contribution in [2.45, 2.75) is 13.0 Å². The molecule has 0 unspecified atom stereocenters. The van der Waals surface area contributed by atoms with Gasteiger partial charge < -0.3 is 5.32 Å². The Hall–Kier alpha value is -0.610. The highest BCUT2D eigenvalue weighted by Gasteiger charge is 2.25. The van der Waals surface area contributed by atoms with E-state index >= 15 is 0 Å². The molecular formula is C10H14BrN3. The van der Waals surface area contributed by atoms with Crippen LogP contribution in [0.25, 0.3) is 0 Å². The van der Waals surface area contributed by atoms with Gasteiger partial charge in [0.05, 0.1) is 10.5 Å². The van der Waals surface area contributed by atoms with Gasteiger partial charge in [-0.25, -0.2) is 4.98 Å². The highest BCUT2D eigenvalue weighted by atomic mass is 79.9. The quantitative estimate of drug-likeness (QED) is 0.896. The molecule has 2 heterocycles. The van der Waals surface area contributed by atoms with Crippen molar-refractivity contribution in [2.24, 2.45) is 0 Å². The average molecular weight is 256 g/mol. The van der Waals surface area contributed by atoms with E-state index in [2.05, 4.69) is 38.1 Å². The van der Waals surface area contributed by atoms with E-state index < -0.39 is 0 Å². The van der Waals surface area contributed by atoms with E-state index in [0.717, 1.165) is 29.9 Å². The van der Waals surface area contributed by atoms with Gasteiger partial charge in [0, 0.05) is 19.3 Å². The van der Waals surface area contributed by atoms with Crippen molar-refractivity contribution in [1.82, 2.24) is 9.88 Å². The van der Waals surface area contributed by atoms with Crippen molar-refractivity contribution in [2.75, 3.05) is 25.0 Å². The number of halogens is 1. The van der Waals surface area contributed by atoms with Crippen molar-refractivity contribution in [3.63, 3.8) is 0 Å². The zero-order chi connectivity index (χ0) is 9.97. The van der Waals surface area contributed by atoms with Crippen molar-refractivity contribution in [3.05, 3.63) is 22.8 Å². The largest absolute Gasteiger partial charge is 0.364 e. The van der Waals surface area contributed by atoms with Gasteiger partial charge in [-0.3, -0.25) is 4.90 Å². The summed E-state index contributed by atoms with van der Waals surface area (Å²) in [6.45, 7) is 5.58. The van der Waals surface area contributed by atoms with Crippen LogP contribution in [0, 0.1) is 0 Å². The summed E-state index contributed by atoms with van der Waals surface area (Å²) in [5.41, 5.74) is 0. The minimum atomic E-state index is 0.557. The molecule has 0 aromatic carbocycles. The minimum absolute atomic E-state index is 0.557. The molecule has 0 saturated carbocycles. The third kappa shape index (κ3) is 2.07. The fourth-order valence-electron chi connectivity index (χ4n) is 1.60. The van der Waals surface area contributed by atoms with E-state index in [1.807, 2.05) is 18.3 Å². The van der Waals surface area contributed by atoms with Gasteiger partial charge in [-0.1, -0.05) is 6.92 Å². The Balaban J connectivity index is 1.90. The van der Waals surface area contributed by atoms with E-state index in [0.29, 0.717) is 6.04 Å². The molecule has 1 aromatic rings. The second kappa shape index (κ2) is 4.28. The lowest BCUT2D eigenvalue weighted by Gasteiger charge is -2.39. The number of nitrogens with zero attached hydrogens (tertiary/aromatic N) is 2. The smallest absolute Gasteiger partial charge is 0.140 e. The third-order valence-electron chi connectivity index (χ3n) is 2.50. The third-order valence-corrected chi connectivity index (χ3v) is 3.14. The number of pyridine rings is 1. The molecule has 1 fully saturated rings. The summed E-state index contributed by atoms with van der Waals surface area (Å²) in [6, 6.07) is 4.49. The molecule has 0 atom stereocenters. The van der Waals surface area contributed by atoms with Crippen LogP contribution in [0.15, 0.2) is 22.8 Å². The Morgan fingerprint density at radius 1 is 1.64 bits per heavy atom. The number of likely N-dealkylation sites (N-methyl/N-ethyl adjacent to an activating group) is 1. The summed E-state index contributed by atoms with van der Waals surface area (Å²) < 4.78 is 1.04. The first kappa shape index (κ1) is 9.93. The maximum absolute atomic E-state index is 4.27.